The van der Waals surface area contributed by atoms with E-state index in [0.717, 1.165) is 24.4 Å². The lowest BCUT2D eigenvalue weighted by Gasteiger charge is -2.28. The molecule has 2 aromatic heterocycles. The first kappa shape index (κ1) is 13.2. The lowest BCUT2D eigenvalue weighted by atomic mass is 9.84. The third-order valence-electron chi connectivity index (χ3n) is 4.41. The second kappa shape index (κ2) is 5.65. The van der Waals surface area contributed by atoms with Crippen molar-refractivity contribution >= 4 is 11.6 Å². The standard InChI is InChI=1S/C16H21N3O/c1-2-12-3-6-14(7-4-12)18-16(20)13-5-8-15-17-9-10-19(15)11-13/h5,8-12,14H,2-4,6-7H2,1H3,(H,18,20). The van der Waals surface area contributed by atoms with Crippen LogP contribution in [-0.4, -0.2) is 21.3 Å². The van der Waals surface area contributed by atoms with E-state index in [0.29, 0.717) is 11.6 Å². The highest BCUT2D eigenvalue weighted by Gasteiger charge is 2.21. The Balaban J connectivity index is 1.64. The number of pyridine rings is 1. The van der Waals surface area contributed by atoms with Crippen LogP contribution in [0.2, 0.25) is 0 Å². The third kappa shape index (κ3) is 2.69. The minimum absolute atomic E-state index is 0.0283. The summed E-state index contributed by atoms with van der Waals surface area (Å²) in [5.41, 5.74) is 1.57. The Morgan fingerprint density at radius 2 is 2.15 bits per heavy atom. The van der Waals surface area contributed by atoms with Crippen molar-refractivity contribution in [1.29, 1.82) is 0 Å². The second-order valence-corrected chi connectivity index (χ2v) is 5.71. The summed E-state index contributed by atoms with van der Waals surface area (Å²) in [5.74, 6) is 0.881. The van der Waals surface area contributed by atoms with Gasteiger partial charge >= 0.3 is 0 Å². The predicted octanol–water partition coefficient (Wildman–Crippen LogP) is 3.03. The number of carbonyl (C=O) groups is 1. The molecule has 0 aliphatic heterocycles. The number of fused-ring (bicyclic) bond motifs is 1. The van der Waals surface area contributed by atoms with Crippen molar-refractivity contribution in [3.63, 3.8) is 0 Å². The van der Waals surface area contributed by atoms with Gasteiger partial charge in [0.05, 0.1) is 5.56 Å². The first-order valence-electron chi connectivity index (χ1n) is 7.50. The SMILES string of the molecule is CCC1CCC(NC(=O)c2ccc3nccn3c2)CC1. The van der Waals surface area contributed by atoms with Crippen molar-refractivity contribution in [3.8, 4) is 0 Å². The minimum atomic E-state index is 0.0283. The van der Waals surface area contributed by atoms with Gasteiger partial charge < -0.3 is 9.72 Å². The summed E-state index contributed by atoms with van der Waals surface area (Å²) in [7, 11) is 0. The zero-order chi connectivity index (χ0) is 13.9. The summed E-state index contributed by atoms with van der Waals surface area (Å²) < 4.78 is 1.88. The van der Waals surface area contributed by atoms with Crippen molar-refractivity contribution in [1.82, 2.24) is 14.7 Å². The Kier molecular flexibility index (Phi) is 3.72. The molecule has 1 fully saturated rings. The van der Waals surface area contributed by atoms with Gasteiger partial charge in [0.1, 0.15) is 5.65 Å². The van der Waals surface area contributed by atoms with E-state index in [1.165, 1.54) is 19.3 Å². The van der Waals surface area contributed by atoms with Crippen LogP contribution in [0.25, 0.3) is 5.65 Å². The first-order valence-corrected chi connectivity index (χ1v) is 7.50. The molecule has 0 bridgehead atoms. The lowest BCUT2D eigenvalue weighted by molar-refractivity contribution is 0.0921. The van der Waals surface area contributed by atoms with Gasteiger partial charge in [0.15, 0.2) is 0 Å². The molecule has 3 rings (SSSR count). The van der Waals surface area contributed by atoms with Crippen LogP contribution < -0.4 is 5.32 Å². The largest absolute Gasteiger partial charge is 0.349 e. The fourth-order valence-corrected chi connectivity index (χ4v) is 3.04. The molecule has 0 spiro atoms. The Morgan fingerprint density at radius 3 is 2.90 bits per heavy atom. The topological polar surface area (TPSA) is 46.4 Å². The molecular formula is C16H21N3O. The number of hydrogen-bond donors (Lipinski definition) is 1. The van der Waals surface area contributed by atoms with E-state index in [1.807, 2.05) is 28.9 Å². The zero-order valence-electron chi connectivity index (χ0n) is 11.9. The van der Waals surface area contributed by atoms with Crippen LogP contribution in [0.1, 0.15) is 49.4 Å². The van der Waals surface area contributed by atoms with Gasteiger partial charge in [0, 0.05) is 24.6 Å². The molecule has 4 nitrogen and oxygen atoms in total. The summed E-state index contributed by atoms with van der Waals surface area (Å²) in [6.45, 7) is 2.25. The normalized spacial score (nSPS) is 22.9. The first-order chi connectivity index (χ1) is 9.76. The van der Waals surface area contributed by atoms with E-state index in [2.05, 4.69) is 17.2 Å². The van der Waals surface area contributed by atoms with Gasteiger partial charge in [0.2, 0.25) is 0 Å². The summed E-state index contributed by atoms with van der Waals surface area (Å²) in [6.07, 6.45) is 11.4. The van der Waals surface area contributed by atoms with Gasteiger partial charge in [-0.3, -0.25) is 4.79 Å². The van der Waals surface area contributed by atoms with E-state index < -0.39 is 0 Å². The lowest BCUT2D eigenvalue weighted by Crippen LogP contribution is -2.37. The summed E-state index contributed by atoms with van der Waals surface area (Å²) >= 11 is 0. The highest BCUT2D eigenvalue weighted by Crippen LogP contribution is 2.26. The number of nitrogens with zero attached hydrogens (tertiary/aromatic N) is 2. The molecule has 1 saturated carbocycles. The Labute approximate surface area is 119 Å². The van der Waals surface area contributed by atoms with Crippen LogP contribution in [0.5, 0.6) is 0 Å². The molecule has 0 radical (unpaired) electrons. The molecule has 4 heteroatoms. The summed E-state index contributed by atoms with van der Waals surface area (Å²) in [5, 5.41) is 3.16. The van der Waals surface area contributed by atoms with Crippen LogP contribution in [0.4, 0.5) is 0 Å². The molecule has 1 aliphatic rings. The molecule has 2 aromatic rings. The predicted molar refractivity (Wildman–Crippen MR) is 78.7 cm³/mol. The quantitative estimate of drug-likeness (QED) is 0.932. The van der Waals surface area contributed by atoms with Crippen molar-refractivity contribution in [2.24, 2.45) is 5.92 Å². The average Bonchev–Trinajstić information content (AvgIpc) is 2.95. The number of rotatable bonds is 3. The van der Waals surface area contributed by atoms with E-state index >= 15 is 0 Å². The molecule has 0 unspecified atom stereocenters. The molecule has 0 saturated heterocycles. The van der Waals surface area contributed by atoms with Crippen LogP contribution >= 0.6 is 0 Å². The molecule has 1 amide bonds. The summed E-state index contributed by atoms with van der Waals surface area (Å²) in [4.78, 5) is 16.5. The van der Waals surface area contributed by atoms with Crippen LogP contribution in [0.15, 0.2) is 30.7 Å². The highest BCUT2D eigenvalue weighted by molar-refractivity contribution is 5.94. The van der Waals surface area contributed by atoms with Gasteiger partial charge in [-0.1, -0.05) is 13.3 Å². The number of aromatic nitrogens is 2. The fraction of sp³-hybridized carbons (Fsp3) is 0.500. The van der Waals surface area contributed by atoms with Crippen molar-refractivity contribution in [3.05, 3.63) is 36.3 Å². The molecule has 0 aromatic carbocycles. The fourth-order valence-electron chi connectivity index (χ4n) is 3.04. The van der Waals surface area contributed by atoms with E-state index in [1.54, 1.807) is 6.20 Å². The molecule has 1 aliphatic carbocycles. The number of amides is 1. The van der Waals surface area contributed by atoms with Crippen LogP contribution in [0.3, 0.4) is 0 Å². The number of carbonyl (C=O) groups excluding carboxylic acids is 1. The van der Waals surface area contributed by atoms with Gasteiger partial charge in [-0.15, -0.1) is 0 Å². The Bertz CT molecular complexity index is 597. The maximum absolute atomic E-state index is 12.3. The van der Waals surface area contributed by atoms with Crippen molar-refractivity contribution in [2.75, 3.05) is 0 Å². The minimum Gasteiger partial charge on any atom is -0.349 e. The Morgan fingerprint density at radius 1 is 1.35 bits per heavy atom. The maximum Gasteiger partial charge on any atom is 0.252 e. The van der Waals surface area contributed by atoms with Crippen molar-refractivity contribution in [2.45, 2.75) is 45.1 Å². The highest BCUT2D eigenvalue weighted by atomic mass is 16.1. The number of nitrogens with one attached hydrogen (secondary N) is 1. The smallest absolute Gasteiger partial charge is 0.252 e. The molecule has 20 heavy (non-hydrogen) atoms. The molecular weight excluding hydrogens is 250 g/mol. The molecule has 2 heterocycles. The van der Waals surface area contributed by atoms with Gasteiger partial charge in [-0.2, -0.15) is 0 Å². The summed E-state index contributed by atoms with van der Waals surface area (Å²) in [6, 6.07) is 4.06. The van der Waals surface area contributed by atoms with Gasteiger partial charge in [0.25, 0.3) is 5.91 Å². The number of imidazole rings is 1. The van der Waals surface area contributed by atoms with Crippen LogP contribution in [0, 0.1) is 5.92 Å². The third-order valence-corrected chi connectivity index (χ3v) is 4.41. The van der Waals surface area contributed by atoms with Gasteiger partial charge in [-0.25, -0.2) is 4.98 Å². The molecule has 1 N–H and O–H groups in total. The molecule has 106 valence electrons. The van der Waals surface area contributed by atoms with E-state index in [4.69, 9.17) is 0 Å². The van der Waals surface area contributed by atoms with Crippen molar-refractivity contribution < 1.29 is 4.79 Å². The van der Waals surface area contributed by atoms with E-state index in [9.17, 15) is 4.79 Å². The van der Waals surface area contributed by atoms with Crippen LogP contribution in [-0.2, 0) is 0 Å². The second-order valence-electron chi connectivity index (χ2n) is 5.71. The number of hydrogen-bond acceptors (Lipinski definition) is 2. The zero-order valence-corrected chi connectivity index (χ0v) is 11.9. The monoisotopic (exact) mass is 271 g/mol. The molecule has 0 atom stereocenters. The van der Waals surface area contributed by atoms with E-state index in [-0.39, 0.29) is 5.91 Å². The maximum atomic E-state index is 12.3. The average molecular weight is 271 g/mol. The Hall–Kier alpha value is -1.84. The van der Waals surface area contributed by atoms with Gasteiger partial charge in [-0.05, 0) is 43.7 Å².